The lowest BCUT2D eigenvalue weighted by Crippen LogP contribution is -2.18. The molecular weight excluding hydrogens is 224 g/mol. The van der Waals surface area contributed by atoms with Crippen molar-refractivity contribution in [2.75, 3.05) is 0 Å². The van der Waals surface area contributed by atoms with Gasteiger partial charge in [0, 0.05) is 5.92 Å². The lowest BCUT2D eigenvalue weighted by molar-refractivity contribution is -0.122. The molecule has 18 heavy (non-hydrogen) atoms. The minimum Gasteiger partial charge on any atom is -0.273 e. The molecule has 3 nitrogen and oxygen atoms in total. The molecule has 3 heteroatoms. The molecule has 0 atom stereocenters. The topological polar surface area (TPSA) is 41.5 Å². The predicted octanol–water partition coefficient (Wildman–Crippen LogP) is 2.84. The largest absolute Gasteiger partial charge is 0.273 e. The van der Waals surface area contributed by atoms with Crippen LogP contribution in [-0.4, -0.2) is 12.1 Å². The molecule has 0 spiro atoms. The molecule has 0 aromatic heterocycles. The summed E-state index contributed by atoms with van der Waals surface area (Å²) in [7, 11) is 0. The second-order valence-electron chi connectivity index (χ2n) is 5.88. The van der Waals surface area contributed by atoms with E-state index in [9.17, 15) is 4.79 Å². The molecule has 1 aliphatic rings. The van der Waals surface area contributed by atoms with Crippen molar-refractivity contribution in [1.82, 2.24) is 5.43 Å². The Bertz CT molecular complexity index is 450. The SMILES string of the molecule is CC(C)(C)c1ccc(C=NNC(=O)C2CC2)cc1. The minimum atomic E-state index is 0.0394. The molecule has 1 N–H and O–H groups in total. The van der Waals surface area contributed by atoms with Crippen LogP contribution < -0.4 is 5.43 Å². The summed E-state index contributed by atoms with van der Waals surface area (Å²) in [4.78, 5) is 11.4. The quantitative estimate of drug-likeness (QED) is 0.644. The molecule has 1 amide bonds. The van der Waals surface area contributed by atoms with Gasteiger partial charge < -0.3 is 0 Å². The summed E-state index contributed by atoms with van der Waals surface area (Å²) in [6.45, 7) is 6.56. The number of carbonyl (C=O) groups excluding carboxylic acids is 1. The Labute approximate surface area is 108 Å². The third-order valence-corrected chi connectivity index (χ3v) is 3.11. The smallest absolute Gasteiger partial charge is 0.243 e. The summed E-state index contributed by atoms with van der Waals surface area (Å²) >= 11 is 0. The molecule has 1 aromatic rings. The second kappa shape index (κ2) is 4.92. The number of benzene rings is 1. The van der Waals surface area contributed by atoms with Gasteiger partial charge in [0.05, 0.1) is 6.21 Å². The van der Waals surface area contributed by atoms with E-state index in [0.717, 1.165) is 18.4 Å². The Morgan fingerprint density at radius 1 is 1.28 bits per heavy atom. The monoisotopic (exact) mass is 244 g/mol. The van der Waals surface area contributed by atoms with Crippen molar-refractivity contribution in [3.63, 3.8) is 0 Å². The van der Waals surface area contributed by atoms with Gasteiger partial charge in [0.1, 0.15) is 0 Å². The first-order valence-electron chi connectivity index (χ1n) is 6.40. The zero-order valence-corrected chi connectivity index (χ0v) is 11.2. The number of hydrogen-bond acceptors (Lipinski definition) is 2. The van der Waals surface area contributed by atoms with Crippen molar-refractivity contribution in [2.45, 2.75) is 39.0 Å². The van der Waals surface area contributed by atoms with Gasteiger partial charge in [-0.05, 0) is 29.4 Å². The highest BCUT2D eigenvalue weighted by Crippen LogP contribution is 2.28. The second-order valence-corrected chi connectivity index (χ2v) is 5.88. The van der Waals surface area contributed by atoms with Crippen molar-refractivity contribution in [1.29, 1.82) is 0 Å². The van der Waals surface area contributed by atoms with E-state index < -0.39 is 0 Å². The Morgan fingerprint density at radius 2 is 1.89 bits per heavy atom. The van der Waals surface area contributed by atoms with Crippen LogP contribution in [-0.2, 0) is 10.2 Å². The Morgan fingerprint density at radius 3 is 2.39 bits per heavy atom. The fourth-order valence-corrected chi connectivity index (χ4v) is 1.68. The van der Waals surface area contributed by atoms with Crippen LogP contribution in [0.3, 0.4) is 0 Å². The van der Waals surface area contributed by atoms with E-state index in [2.05, 4.69) is 43.4 Å². The molecular formula is C15H20N2O. The molecule has 0 radical (unpaired) electrons. The van der Waals surface area contributed by atoms with Crippen LogP contribution in [0.2, 0.25) is 0 Å². The zero-order valence-electron chi connectivity index (χ0n) is 11.2. The van der Waals surface area contributed by atoms with E-state index in [0.29, 0.717) is 0 Å². The van der Waals surface area contributed by atoms with Gasteiger partial charge in [-0.15, -0.1) is 0 Å². The van der Waals surface area contributed by atoms with Crippen molar-refractivity contribution < 1.29 is 4.79 Å². The molecule has 0 heterocycles. The summed E-state index contributed by atoms with van der Waals surface area (Å²) in [5.74, 6) is 0.239. The molecule has 96 valence electrons. The standard InChI is InChI=1S/C15H20N2O/c1-15(2,3)13-8-4-11(5-9-13)10-16-17-14(18)12-6-7-12/h4-5,8-10,12H,6-7H2,1-3H3,(H,17,18). The summed E-state index contributed by atoms with van der Waals surface area (Å²) < 4.78 is 0. The van der Waals surface area contributed by atoms with E-state index in [-0.39, 0.29) is 17.2 Å². The Balaban J connectivity index is 1.93. The average Bonchev–Trinajstić information content (AvgIpc) is 3.12. The molecule has 0 bridgehead atoms. The molecule has 1 fully saturated rings. The van der Waals surface area contributed by atoms with Crippen molar-refractivity contribution in [3.8, 4) is 0 Å². The summed E-state index contributed by atoms with van der Waals surface area (Å²) in [6, 6.07) is 8.24. The summed E-state index contributed by atoms with van der Waals surface area (Å²) in [5, 5.41) is 3.97. The fourth-order valence-electron chi connectivity index (χ4n) is 1.68. The molecule has 2 rings (SSSR count). The van der Waals surface area contributed by atoms with Crippen LogP contribution in [0.25, 0.3) is 0 Å². The number of hydrazone groups is 1. The van der Waals surface area contributed by atoms with Gasteiger partial charge in [-0.2, -0.15) is 5.10 Å². The van der Waals surface area contributed by atoms with Gasteiger partial charge in [-0.3, -0.25) is 4.79 Å². The highest BCUT2D eigenvalue weighted by molar-refractivity contribution is 5.84. The fraction of sp³-hybridized carbons (Fsp3) is 0.467. The number of hydrogen-bond donors (Lipinski definition) is 1. The van der Waals surface area contributed by atoms with Gasteiger partial charge >= 0.3 is 0 Å². The van der Waals surface area contributed by atoms with E-state index in [1.807, 2.05) is 12.1 Å². The highest BCUT2D eigenvalue weighted by atomic mass is 16.2. The molecule has 1 aromatic carbocycles. The Kier molecular flexibility index (Phi) is 3.50. The van der Waals surface area contributed by atoms with Gasteiger partial charge in [0.2, 0.25) is 5.91 Å². The number of rotatable bonds is 3. The normalized spacial score (nSPS) is 15.9. The van der Waals surface area contributed by atoms with Crippen molar-refractivity contribution >= 4 is 12.1 Å². The molecule has 1 aliphatic carbocycles. The van der Waals surface area contributed by atoms with Crippen molar-refractivity contribution in [2.24, 2.45) is 11.0 Å². The number of nitrogens with one attached hydrogen (secondary N) is 1. The van der Waals surface area contributed by atoms with Crippen LogP contribution in [0.1, 0.15) is 44.7 Å². The van der Waals surface area contributed by atoms with Crippen molar-refractivity contribution in [3.05, 3.63) is 35.4 Å². The third-order valence-electron chi connectivity index (χ3n) is 3.11. The zero-order chi connectivity index (χ0) is 13.2. The highest BCUT2D eigenvalue weighted by Gasteiger charge is 2.29. The minimum absolute atomic E-state index is 0.0394. The van der Waals surface area contributed by atoms with Crippen LogP contribution in [0.5, 0.6) is 0 Å². The van der Waals surface area contributed by atoms with Gasteiger partial charge in [-0.25, -0.2) is 5.43 Å². The third kappa shape index (κ3) is 3.42. The Hall–Kier alpha value is -1.64. The van der Waals surface area contributed by atoms with Crippen LogP contribution in [0.4, 0.5) is 0 Å². The molecule has 0 aliphatic heterocycles. The maximum absolute atomic E-state index is 11.4. The number of amides is 1. The van der Waals surface area contributed by atoms with E-state index in [1.54, 1.807) is 6.21 Å². The number of nitrogens with zero attached hydrogens (tertiary/aromatic N) is 1. The average molecular weight is 244 g/mol. The summed E-state index contributed by atoms with van der Waals surface area (Å²) in [5.41, 5.74) is 5.02. The van der Waals surface area contributed by atoms with E-state index >= 15 is 0 Å². The van der Waals surface area contributed by atoms with Crippen LogP contribution in [0, 0.1) is 5.92 Å². The first-order chi connectivity index (χ1) is 8.47. The lowest BCUT2D eigenvalue weighted by Gasteiger charge is -2.18. The van der Waals surface area contributed by atoms with Gasteiger partial charge in [0.25, 0.3) is 0 Å². The van der Waals surface area contributed by atoms with Gasteiger partial charge in [-0.1, -0.05) is 45.0 Å². The predicted molar refractivity (Wildman–Crippen MR) is 73.6 cm³/mol. The van der Waals surface area contributed by atoms with Crippen LogP contribution >= 0.6 is 0 Å². The summed E-state index contributed by atoms with van der Waals surface area (Å²) in [6.07, 6.45) is 3.69. The first-order valence-corrected chi connectivity index (χ1v) is 6.40. The van der Waals surface area contributed by atoms with E-state index in [1.165, 1.54) is 5.56 Å². The number of carbonyl (C=O) groups is 1. The first kappa shape index (κ1) is 12.8. The molecule has 0 unspecified atom stereocenters. The van der Waals surface area contributed by atoms with Gasteiger partial charge in [0.15, 0.2) is 0 Å². The maximum atomic E-state index is 11.4. The maximum Gasteiger partial charge on any atom is 0.243 e. The van der Waals surface area contributed by atoms with Crippen LogP contribution in [0.15, 0.2) is 29.4 Å². The lowest BCUT2D eigenvalue weighted by atomic mass is 9.87. The molecule has 0 saturated heterocycles. The van der Waals surface area contributed by atoms with E-state index in [4.69, 9.17) is 0 Å². The molecule has 1 saturated carbocycles.